The van der Waals surface area contributed by atoms with Crippen LogP contribution >= 0.6 is 0 Å². The minimum atomic E-state index is -0.289. The van der Waals surface area contributed by atoms with Crippen molar-refractivity contribution >= 4 is 16.7 Å². The molecule has 4 aromatic rings. The van der Waals surface area contributed by atoms with Crippen LogP contribution < -0.4 is 11.0 Å². The molecule has 2 heterocycles. The van der Waals surface area contributed by atoms with Gasteiger partial charge in [-0.25, -0.2) is 4.68 Å². The molecule has 0 saturated heterocycles. The van der Waals surface area contributed by atoms with Crippen molar-refractivity contribution < 1.29 is 4.79 Å². The first kappa shape index (κ1) is 21.1. The highest BCUT2D eigenvalue weighted by atomic mass is 16.2. The highest BCUT2D eigenvalue weighted by molar-refractivity contribution is 6.05. The Bertz CT molecular complexity index is 1410. The number of benzene rings is 2. The number of hydrogen-bond donors (Lipinski definition) is 0. The number of pyridine rings is 1. The molecule has 0 bridgehead atoms. The second-order valence-corrected chi connectivity index (χ2v) is 8.50. The molecule has 1 fully saturated rings. The van der Waals surface area contributed by atoms with Gasteiger partial charge in [0.1, 0.15) is 5.49 Å². The molecule has 0 aliphatic heterocycles. The van der Waals surface area contributed by atoms with Crippen molar-refractivity contribution in [3.05, 3.63) is 106 Å². The number of rotatable bonds is 4. The van der Waals surface area contributed by atoms with Crippen molar-refractivity contribution in [2.45, 2.75) is 44.7 Å². The van der Waals surface area contributed by atoms with Crippen molar-refractivity contribution in [3.8, 4) is 0 Å². The Morgan fingerprint density at radius 3 is 2.36 bits per heavy atom. The van der Waals surface area contributed by atoms with E-state index in [0.29, 0.717) is 22.8 Å². The molecule has 0 unspecified atom stereocenters. The summed E-state index contributed by atoms with van der Waals surface area (Å²) < 4.78 is 2.94. The quantitative estimate of drug-likeness (QED) is 0.480. The molecule has 2 aromatic carbocycles. The van der Waals surface area contributed by atoms with Gasteiger partial charge in [-0.1, -0.05) is 73.9 Å². The van der Waals surface area contributed by atoms with Gasteiger partial charge in [0.2, 0.25) is 0 Å². The summed E-state index contributed by atoms with van der Waals surface area (Å²) in [6, 6.07) is 22.6. The van der Waals surface area contributed by atoms with Gasteiger partial charge in [-0.3, -0.25) is 19.1 Å². The van der Waals surface area contributed by atoms with Gasteiger partial charge in [-0.15, -0.1) is 0 Å². The zero-order valence-electron chi connectivity index (χ0n) is 18.4. The zero-order valence-corrected chi connectivity index (χ0v) is 18.4. The van der Waals surface area contributed by atoms with Gasteiger partial charge in [-0.05, 0) is 36.6 Å². The van der Waals surface area contributed by atoms with Crippen molar-refractivity contribution in [1.29, 1.82) is 0 Å². The summed E-state index contributed by atoms with van der Waals surface area (Å²) in [7, 11) is 0. The SMILES string of the molecule is O=C(c1nn(Cc2ccccc2)c(=O)c2ccccc12)n1ccccc1=NC1CCCCC1. The largest absolute Gasteiger partial charge is 0.284 e. The maximum Gasteiger partial charge on any atom is 0.284 e. The fourth-order valence-corrected chi connectivity index (χ4v) is 4.48. The molecule has 1 saturated carbocycles. The molecule has 33 heavy (non-hydrogen) atoms. The highest BCUT2D eigenvalue weighted by Gasteiger charge is 2.19. The minimum Gasteiger partial charge on any atom is -0.267 e. The van der Waals surface area contributed by atoms with Crippen LogP contribution in [-0.4, -0.2) is 26.3 Å². The van der Waals surface area contributed by atoms with E-state index in [0.717, 1.165) is 18.4 Å². The first-order chi connectivity index (χ1) is 16.2. The third kappa shape index (κ3) is 4.42. The summed E-state index contributed by atoms with van der Waals surface area (Å²) >= 11 is 0. The molecule has 0 amide bonds. The zero-order chi connectivity index (χ0) is 22.6. The van der Waals surface area contributed by atoms with Gasteiger partial charge in [0, 0.05) is 11.6 Å². The fourth-order valence-electron chi connectivity index (χ4n) is 4.48. The Hall–Kier alpha value is -3.80. The topological polar surface area (TPSA) is 69.2 Å². The summed E-state index contributed by atoms with van der Waals surface area (Å²) in [5, 5.41) is 5.59. The minimum absolute atomic E-state index is 0.212. The Balaban J connectivity index is 1.63. The van der Waals surface area contributed by atoms with Crippen molar-refractivity contribution in [3.63, 3.8) is 0 Å². The molecule has 1 aliphatic carbocycles. The van der Waals surface area contributed by atoms with Crippen molar-refractivity contribution in [1.82, 2.24) is 14.3 Å². The summed E-state index contributed by atoms with van der Waals surface area (Å²) in [4.78, 5) is 31.8. The number of fused-ring (bicyclic) bond motifs is 1. The van der Waals surface area contributed by atoms with Crippen LogP contribution in [0.2, 0.25) is 0 Å². The van der Waals surface area contributed by atoms with Crippen LogP contribution in [0, 0.1) is 0 Å². The van der Waals surface area contributed by atoms with Crippen LogP contribution in [-0.2, 0) is 6.54 Å². The van der Waals surface area contributed by atoms with Gasteiger partial charge in [0.05, 0.1) is 18.0 Å². The lowest BCUT2D eigenvalue weighted by Gasteiger charge is -2.18. The molecule has 5 rings (SSSR count). The molecule has 6 heteroatoms. The summed E-state index contributed by atoms with van der Waals surface area (Å²) in [6.07, 6.45) is 7.42. The monoisotopic (exact) mass is 438 g/mol. The third-order valence-corrected chi connectivity index (χ3v) is 6.19. The Morgan fingerprint density at radius 2 is 1.58 bits per heavy atom. The van der Waals surface area contributed by atoms with Crippen LogP contribution in [0.5, 0.6) is 0 Å². The number of aromatic nitrogens is 3. The molecule has 166 valence electrons. The van der Waals surface area contributed by atoms with E-state index in [4.69, 9.17) is 4.99 Å². The first-order valence-electron chi connectivity index (χ1n) is 11.5. The van der Waals surface area contributed by atoms with Gasteiger partial charge < -0.3 is 0 Å². The van der Waals surface area contributed by atoms with Crippen LogP contribution in [0.15, 0.2) is 88.8 Å². The molecule has 2 aromatic heterocycles. The average molecular weight is 439 g/mol. The highest BCUT2D eigenvalue weighted by Crippen LogP contribution is 2.20. The van der Waals surface area contributed by atoms with Gasteiger partial charge in [0.15, 0.2) is 5.69 Å². The number of carbonyl (C=O) groups is 1. The van der Waals surface area contributed by atoms with E-state index in [9.17, 15) is 9.59 Å². The molecule has 0 atom stereocenters. The predicted octanol–water partition coefficient (Wildman–Crippen LogP) is 4.17. The van der Waals surface area contributed by atoms with Crippen LogP contribution in [0.4, 0.5) is 0 Å². The Kier molecular flexibility index (Phi) is 5.98. The van der Waals surface area contributed by atoms with Crippen LogP contribution in [0.1, 0.15) is 48.2 Å². The molecule has 1 aliphatic rings. The molecule has 0 spiro atoms. The Labute approximate surface area is 191 Å². The summed E-state index contributed by atoms with van der Waals surface area (Å²) in [6.45, 7) is 0.295. The van der Waals surface area contributed by atoms with Crippen molar-refractivity contribution in [2.75, 3.05) is 0 Å². The lowest BCUT2D eigenvalue weighted by Crippen LogP contribution is -2.33. The predicted molar refractivity (Wildman–Crippen MR) is 128 cm³/mol. The van der Waals surface area contributed by atoms with Gasteiger partial charge in [-0.2, -0.15) is 5.10 Å². The lowest BCUT2D eigenvalue weighted by atomic mass is 9.96. The molecule has 0 radical (unpaired) electrons. The number of carbonyl (C=O) groups excluding carboxylic acids is 1. The van der Waals surface area contributed by atoms with E-state index >= 15 is 0 Å². The maximum atomic E-state index is 13.8. The second-order valence-electron chi connectivity index (χ2n) is 8.50. The third-order valence-electron chi connectivity index (χ3n) is 6.19. The van der Waals surface area contributed by atoms with Crippen LogP contribution in [0.25, 0.3) is 10.8 Å². The average Bonchev–Trinajstić information content (AvgIpc) is 2.87. The molecule has 0 N–H and O–H groups in total. The van der Waals surface area contributed by atoms with E-state index in [1.807, 2.05) is 60.7 Å². The van der Waals surface area contributed by atoms with Gasteiger partial charge >= 0.3 is 0 Å². The summed E-state index contributed by atoms with van der Waals surface area (Å²) in [5.41, 5.74) is 1.61. The number of nitrogens with zero attached hydrogens (tertiary/aromatic N) is 4. The van der Waals surface area contributed by atoms with Crippen LogP contribution in [0.3, 0.4) is 0 Å². The maximum absolute atomic E-state index is 13.8. The summed E-state index contributed by atoms with van der Waals surface area (Å²) in [5.74, 6) is -0.289. The number of hydrogen-bond acceptors (Lipinski definition) is 4. The second kappa shape index (κ2) is 9.36. The van der Waals surface area contributed by atoms with E-state index in [1.54, 1.807) is 22.9 Å². The lowest BCUT2D eigenvalue weighted by molar-refractivity contribution is 0.0949. The standard InChI is InChI=1S/C27H26N4O2/c32-26-23-16-8-7-15-22(23)25(29-31(26)19-20-11-3-1-4-12-20)27(33)30-18-10-9-17-24(30)28-21-13-5-2-6-14-21/h1,3-4,7-12,15-18,21H,2,5-6,13-14,19H2. The van der Waals surface area contributed by atoms with Gasteiger partial charge in [0.25, 0.3) is 11.5 Å². The van der Waals surface area contributed by atoms with E-state index < -0.39 is 0 Å². The normalized spacial score (nSPS) is 15.1. The molecular weight excluding hydrogens is 412 g/mol. The van der Waals surface area contributed by atoms with E-state index in [-0.39, 0.29) is 23.2 Å². The van der Waals surface area contributed by atoms with Crippen molar-refractivity contribution in [2.24, 2.45) is 4.99 Å². The first-order valence-corrected chi connectivity index (χ1v) is 11.5. The molecular formula is C27H26N4O2. The smallest absolute Gasteiger partial charge is 0.267 e. The Morgan fingerprint density at radius 1 is 0.879 bits per heavy atom. The van der Waals surface area contributed by atoms with E-state index in [2.05, 4.69) is 5.10 Å². The van der Waals surface area contributed by atoms with E-state index in [1.165, 1.54) is 23.9 Å². The molecule has 6 nitrogen and oxygen atoms in total. The fraction of sp³-hybridized carbons (Fsp3) is 0.259.